The molecule has 2 fully saturated rings. The Kier molecular flexibility index (Phi) is 7.53. The first kappa shape index (κ1) is 28.9. The van der Waals surface area contributed by atoms with Crippen LogP contribution < -0.4 is 5.06 Å². The molecule has 10 nitrogen and oxygen atoms in total. The van der Waals surface area contributed by atoms with E-state index >= 15 is 0 Å². The normalized spacial score (nSPS) is 27.2. The molecule has 0 saturated carbocycles. The summed E-state index contributed by atoms with van der Waals surface area (Å²) < 4.78 is 23.5. The molecule has 4 bridgehead atoms. The maximum absolute atomic E-state index is 13.7. The average Bonchev–Trinajstić information content (AvgIpc) is 3.07. The molecule has 0 radical (unpaired) electrons. The highest BCUT2D eigenvalue weighted by molar-refractivity contribution is 9.10. The summed E-state index contributed by atoms with van der Waals surface area (Å²) in [5, 5.41) is 11.4. The molecule has 0 aromatic heterocycles. The molecule has 39 heavy (non-hydrogen) atoms. The Bertz CT molecular complexity index is 1270. The van der Waals surface area contributed by atoms with Gasteiger partial charge in [-0.2, -0.15) is 5.06 Å². The summed E-state index contributed by atoms with van der Waals surface area (Å²) in [6.07, 6.45) is -2.53. The van der Waals surface area contributed by atoms with Crippen LogP contribution >= 0.6 is 15.9 Å². The van der Waals surface area contributed by atoms with Gasteiger partial charge in [0.25, 0.3) is 5.91 Å². The van der Waals surface area contributed by atoms with Gasteiger partial charge in [0.15, 0.2) is 11.6 Å². The van der Waals surface area contributed by atoms with E-state index in [9.17, 15) is 19.6 Å². The topological polar surface area (TPSA) is 115 Å². The quantitative estimate of drug-likeness (QED) is 0.226. The third kappa shape index (κ3) is 5.25. The summed E-state index contributed by atoms with van der Waals surface area (Å²) in [5.41, 5.74) is -2.83. The second-order valence-corrected chi connectivity index (χ2v) is 12.4. The van der Waals surface area contributed by atoms with E-state index in [0.717, 1.165) is 0 Å². The van der Waals surface area contributed by atoms with Crippen LogP contribution in [-0.4, -0.2) is 69.9 Å². The average molecular weight is 605 g/mol. The Balaban J connectivity index is 1.82. The smallest absolute Gasteiger partial charge is 0.444 e. The molecule has 11 heteroatoms. The van der Waals surface area contributed by atoms with Crippen LogP contribution in [0.5, 0.6) is 0 Å². The van der Waals surface area contributed by atoms with Crippen molar-refractivity contribution >= 4 is 39.8 Å². The van der Waals surface area contributed by atoms with Crippen LogP contribution in [0.25, 0.3) is 0 Å². The van der Waals surface area contributed by atoms with Crippen molar-refractivity contribution in [3.8, 4) is 11.8 Å². The van der Waals surface area contributed by atoms with Crippen LogP contribution in [0.15, 0.2) is 40.4 Å². The number of hydrogen-bond acceptors (Lipinski definition) is 8. The number of rotatable bonds is 3. The molecule has 2 amide bonds. The van der Waals surface area contributed by atoms with Crippen molar-refractivity contribution in [1.29, 1.82) is 0 Å². The number of benzene rings is 1. The lowest BCUT2D eigenvalue weighted by atomic mass is 9.64. The molecule has 4 aliphatic rings. The highest BCUT2D eigenvalue weighted by Gasteiger charge is 2.73. The van der Waals surface area contributed by atoms with Gasteiger partial charge in [-0.3, -0.25) is 14.9 Å². The van der Waals surface area contributed by atoms with E-state index in [-0.39, 0.29) is 17.9 Å². The van der Waals surface area contributed by atoms with Crippen molar-refractivity contribution < 1.29 is 38.5 Å². The fourth-order valence-electron chi connectivity index (χ4n) is 5.19. The first-order valence-electron chi connectivity index (χ1n) is 12.6. The molecule has 3 unspecified atom stereocenters. The zero-order valence-electron chi connectivity index (χ0n) is 23.0. The van der Waals surface area contributed by atoms with Crippen molar-refractivity contribution in [2.24, 2.45) is 5.92 Å². The van der Waals surface area contributed by atoms with E-state index in [1.807, 2.05) is 0 Å². The van der Waals surface area contributed by atoms with Crippen LogP contribution in [0, 0.1) is 17.8 Å². The number of anilines is 1. The number of ether oxygens (including phenoxy) is 4. The molecule has 210 valence electrons. The van der Waals surface area contributed by atoms with Gasteiger partial charge in [0.1, 0.15) is 17.3 Å². The lowest BCUT2D eigenvalue weighted by molar-refractivity contribution is -0.221. The van der Waals surface area contributed by atoms with Crippen molar-refractivity contribution in [2.75, 3.05) is 11.7 Å². The number of likely N-dealkylation sites (tertiary alicyclic amines) is 1. The van der Waals surface area contributed by atoms with E-state index in [1.54, 1.807) is 78.8 Å². The Morgan fingerprint density at radius 1 is 1.13 bits per heavy atom. The monoisotopic (exact) mass is 604 g/mol. The third-order valence-corrected chi connectivity index (χ3v) is 7.21. The minimum Gasteiger partial charge on any atom is -0.444 e. The molecule has 1 N–H and O–H groups in total. The number of fused-ring (bicyclic) bond motifs is 1. The van der Waals surface area contributed by atoms with E-state index in [1.165, 1.54) is 4.90 Å². The number of hydrogen-bond donors (Lipinski definition) is 1. The standard InChI is InChI=1S/C28H33BrN2O8/c1-8-13-28-17-15-36-21(22(28)37-25(34)39-27(5,6)7)16(14-20(17)30(28)24(33)38-26(2,3)4)23(32)31(35)19-12-10-9-11-18(19)29/h9-12,14,17,20-22,35H,15H2,1-7H3/t17?,20-,21?,22?,28-/m0/s1. The van der Waals surface area contributed by atoms with Crippen LogP contribution in [0.4, 0.5) is 15.3 Å². The van der Waals surface area contributed by atoms with Gasteiger partial charge in [-0.1, -0.05) is 18.1 Å². The third-order valence-electron chi connectivity index (χ3n) is 6.54. The highest BCUT2D eigenvalue weighted by Crippen LogP contribution is 2.55. The van der Waals surface area contributed by atoms with E-state index in [0.29, 0.717) is 9.54 Å². The lowest BCUT2D eigenvalue weighted by Gasteiger charge is -2.63. The fourth-order valence-corrected chi connectivity index (χ4v) is 5.64. The minimum absolute atomic E-state index is 0.0140. The first-order chi connectivity index (χ1) is 18.1. The van der Waals surface area contributed by atoms with Gasteiger partial charge in [-0.25, -0.2) is 9.59 Å². The predicted molar refractivity (Wildman–Crippen MR) is 144 cm³/mol. The Morgan fingerprint density at radius 3 is 2.36 bits per heavy atom. The zero-order valence-corrected chi connectivity index (χ0v) is 24.6. The minimum atomic E-state index is -1.35. The van der Waals surface area contributed by atoms with Gasteiger partial charge in [-0.05, 0) is 82.6 Å². The number of halogens is 1. The van der Waals surface area contributed by atoms with Crippen molar-refractivity contribution in [3.63, 3.8) is 0 Å². The summed E-state index contributed by atoms with van der Waals surface area (Å²) >= 11 is 3.34. The summed E-state index contributed by atoms with van der Waals surface area (Å²) in [4.78, 5) is 41.7. The molecule has 1 aromatic rings. The lowest BCUT2D eigenvalue weighted by Crippen LogP contribution is -2.82. The van der Waals surface area contributed by atoms with Crippen molar-refractivity contribution in [3.05, 3.63) is 40.4 Å². The molecule has 1 aliphatic carbocycles. The summed E-state index contributed by atoms with van der Waals surface area (Å²) in [6, 6.07) is 5.98. The fraction of sp³-hybridized carbons (Fsp3) is 0.536. The van der Waals surface area contributed by atoms with Gasteiger partial charge in [0.2, 0.25) is 0 Å². The van der Waals surface area contributed by atoms with E-state index in [2.05, 4.69) is 27.8 Å². The number of nitrogens with zero attached hydrogens (tertiary/aromatic N) is 2. The Morgan fingerprint density at radius 2 is 1.77 bits per heavy atom. The van der Waals surface area contributed by atoms with Gasteiger partial charge in [0.05, 0.1) is 23.9 Å². The molecule has 2 saturated heterocycles. The van der Waals surface area contributed by atoms with Crippen LogP contribution in [0.1, 0.15) is 48.5 Å². The Labute approximate surface area is 236 Å². The number of para-hydroxylation sites is 1. The van der Waals surface area contributed by atoms with Crippen molar-refractivity contribution in [2.45, 2.75) is 83.5 Å². The summed E-state index contributed by atoms with van der Waals surface area (Å²) in [7, 11) is 0. The first-order valence-corrected chi connectivity index (χ1v) is 13.4. The second kappa shape index (κ2) is 10.2. The number of hydroxylamine groups is 1. The molecule has 0 spiro atoms. The van der Waals surface area contributed by atoms with E-state index < -0.39 is 59.1 Å². The number of carbonyl (C=O) groups excluding carboxylic acids is 3. The molecule has 5 atom stereocenters. The molecule has 1 aromatic carbocycles. The number of amides is 2. The van der Waals surface area contributed by atoms with Crippen LogP contribution in [0.3, 0.4) is 0 Å². The van der Waals surface area contributed by atoms with Gasteiger partial charge < -0.3 is 18.9 Å². The molecular formula is C28H33BrN2O8. The largest absolute Gasteiger partial charge is 0.509 e. The summed E-state index contributed by atoms with van der Waals surface area (Å²) in [6.45, 7) is 12.0. The maximum atomic E-state index is 13.7. The molecule has 3 aliphatic heterocycles. The van der Waals surface area contributed by atoms with Gasteiger partial charge in [-0.15, -0.1) is 5.92 Å². The maximum Gasteiger partial charge on any atom is 0.509 e. The zero-order chi connectivity index (χ0) is 28.9. The van der Waals surface area contributed by atoms with Crippen LogP contribution in [-0.2, 0) is 23.7 Å². The SMILES string of the molecule is CC#C[C@@]12C(OC(=O)OC(C)(C)C)C3OCC1[C@H](C=C3C(=O)N(O)c1ccccc1Br)N2C(=O)OC(C)(C)C. The Hall–Kier alpha value is -3.07. The summed E-state index contributed by atoms with van der Waals surface area (Å²) in [5.74, 6) is 4.72. The predicted octanol–water partition coefficient (Wildman–Crippen LogP) is 4.83. The highest BCUT2D eigenvalue weighted by atomic mass is 79.9. The van der Waals surface area contributed by atoms with E-state index in [4.69, 9.17) is 18.9 Å². The second-order valence-electron chi connectivity index (χ2n) is 11.6. The van der Waals surface area contributed by atoms with Crippen molar-refractivity contribution in [1.82, 2.24) is 4.90 Å². The van der Waals surface area contributed by atoms with Gasteiger partial charge in [0, 0.05) is 10.4 Å². The van der Waals surface area contributed by atoms with Crippen LogP contribution in [0.2, 0.25) is 0 Å². The number of carbonyl (C=O) groups is 3. The van der Waals surface area contributed by atoms with Gasteiger partial charge >= 0.3 is 12.2 Å². The molecule has 3 heterocycles. The molecule has 5 rings (SSSR count). The molecular weight excluding hydrogens is 572 g/mol.